The third kappa shape index (κ3) is 3.81. The predicted octanol–water partition coefficient (Wildman–Crippen LogP) is 2.51. The molecule has 1 aliphatic heterocycles. The Kier molecular flexibility index (Phi) is 5.71. The van der Waals surface area contributed by atoms with Crippen LogP contribution in [0.25, 0.3) is 0 Å². The highest BCUT2D eigenvalue weighted by atomic mass is 19.1. The largest absolute Gasteiger partial charge is 0.462 e. The molecule has 0 amide bonds. The van der Waals surface area contributed by atoms with Gasteiger partial charge in [-0.1, -0.05) is 0 Å². The molecule has 0 spiro atoms. The van der Waals surface area contributed by atoms with Crippen LogP contribution in [-0.4, -0.2) is 41.8 Å². The zero-order valence-electron chi connectivity index (χ0n) is 13.7. The Morgan fingerprint density at radius 2 is 2.29 bits per heavy atom. The average Bonchev–Trinajstić information content (AvgIpc) is 2.54. The molecule has 1 aromatic rings. The third-order valence-corrected chi connectivity index (χ3v) is 4.21. The van der Waals surface area contributed by atoms with E-state index in [1.165, 1.54) is 0 Å². The zero-order chi connectivity index (χ0) is 17.9. The van der Waals surface area contributed by atoms with Crippen molar-refractivity contribution >= 4 is 17.3 Å². The summed E-state index contributed by atoms with van der Waals surface area (Å²) in [5.41, 5.74) is -0.650. The van der Waals surface area contributed by atoms with Crippen molar-refractivity contribution < 1.29 is 24.0 Å². The van der Waals surface area contributed by atoms with Crippen LogP contribution >= 0.6 is 0 Å². The van der Waals surface area contributed by atoms with Crippen LogP contribution in [-0.2, 0) is 4.74 Å². The molecule has 1 N–H and O–H groups in total. The molecule has 2 unspecified atom stereocenters. The van der Waals surface area contributed by atoms with Crippen molar-refractivity contribution in [1.29, 1.82) is 0 Å². The average molecular weight is 340 g/mol. The van der Waals surface area contributed by atoms with Crippen LogP contribution in [0.15, 0.2) is 12.1 Å². The Balaban J connectivity index is 2.47. The number of esters is 1. The fraction of sp³-hybridized carbons (Fsp3) is 0.562. The molecule has 2 rings (SSSR count). The van der Waals surface area contributed by atoms with E-state index in [-0.39, 0.29) is 23.8 Å². The topological polar surface area (TPSA) is 92.9 Å². The molecule has 2 atom stereocenters. The number of benzene rings is 1. The van der Waals surface area contributed by atoms with Gasteiger partial charge in [-0.2, -0.15) is 0 Å². The first-order valence-corrected chi connectivity index (χ1v) is 7.93. The number of halogens is 1. The summed E-state index contributed by atoms with van der Waals surface area (Å²) >= 11 is 0. The van der Waals surface area contributed by atoms with E-state index in [1.807, 2.05) is 0 Å². The lowest BCUT2D eigenvalue weighted by Gasteiger charge is -2.36. The summed E-state index contributed by atoms with van der Waals surface area (Å²) in [6.07, 6.45) is 0.978. The maximum Gasteiger partial charge on any atom is 0.340 e. The van der Waals surface area contributed by atoms with Gasteiger partial charge in [0.15, 0.2) is 5.82 Å². The molecule has 0 aliphatic carbocycles. The van der Waals surface area contributed by atoms with E-state index in [0.29, 0.717) is 13.1 Å². The van der Waals surface area contributed by atoms with Crippen molar-refractivity contribution in [1.82, 2.24) is 0 Å². The molecule has 0 aromatic heterocycles. The number of nitro benzene ring substituents is 1. The minimum Gasteiger partial charge on any atom is -0.462 e. The highest BCUT2D eigenvalue weighted by molar-refractivity contribution is 5.97. The van der Waals surface area contributed by atoms with E-state index in [0.717, 1.165) is 25.0 Å². The van der Waals surface area contributed by atoms with Gasteiger partial charge in [-0.25, -0.2) is 9.18 Å². The number of piperidine rings is 1. The number of nitrogens with zero attached hydrogens (tertiary/aromatic N) is 2. The zero-order valence-corrected chi connectivity index (χ0v) is 13.7. The third-order valence-electron chi connectivity index (χ3n) is 4.21. The predicted molar refractivity (Wildman–Crippen MR) is 85.6 cm³/mol. The second-order valence-corrected chi connectivity index (χ2v) is 5.89. The van der Waals surface area contributed by atoms with Crippen molar-refractivity contribution in [3.63, 3.8) is 0 Å². The van der Waals surface area contributed by atoms with Gasteiger partial charge in [0.1, 0.15) is 0 Å². The monoisotopic (exact) mass is 340 g/mol. The number of ether oxygens (including phenoxy) is 1. The van der Waals surface area contributed by atoms with Crippen molar-refractivity contribution in [2.24, 2.45) is 5.92 Å². The summed E-state index contributed by atoms with van der Waals surface area (Å²) in [6, 6.07) is 1.85. The SMILES string of the molecule is CCOC(=O)c1cc([N+](=O)[O-])cc(F)c1N1CCCC(C(C)O)C1. The smallest absolute Gasteiger partial charge is 0.340 e. The van der Waals surface area contributed by atoms with Crippen molar-refractivity contribution in [3.05, 3.63) is 33.6 Å². The van der Waals surface area contributed by atoms with Gasteiger partial charge in [0, 0.05) is 25.1 Å². The molecule has 1 aromatic carbocycles. The first-order chi connectivity index (χ1) is 11.3. The molecule has 24 heavy (non-hydrogen) atoms. The summed E-state index contributed by atoms with van der Waals surface area (Å²) in [5.74, 6) is -1.68. The summed E-state index contributed by atoms with van der Waals surface area (Å²) in [7, 11) is 0. The van der Waals surface area contributed by atoms with Crippen LogP contribution in [0.2, 0.25) is 0 Å². The van der Waals surface area contributed by atoms with Crippen LogP contribution in [0.5, 0.6) is 0 Å². The summed E-state index contributed by atoms with van der Waals surface area (Å²) in [5, 5.41) is 20.7. The molecular weight excluding hydrogens is 319 g/mol. The Labute approximate surface area is 139 Å². The second-order valence-electron chi connectivity index (χ2n) is 5.89. The molecule has 132 valence electrons. The Morgan fingerprint density at radius 1 is 1.58 bits per heavy atom. The molecular formula is C16H21FN2O5. The first-order valence-electron chi connectivity index (χ1n) is 7.93. The number of aliphatic hydroxyl groups excluding tert-OH is 1. The number of carbonyl (C=O) groups is 1. The number of anilines is 1. The Hall–Kier alpha value is -2.22. The lowest BCUT2D eigenvalue weighted by Crippen LogP contribution is -2.40. The van der Waals surface area contributed by atoms with Crippen LogP contribution in [0.1, 0.15) is 37.0 Å². The number of nitro groups is 1. The lowest BCUT2D eigenvalue weighted by atomic mass is 9.92. The number of hydrogen-bond donors (Lipinski definition) is 1. The van der Waals surface area contributed by atoms with Gasteiger partial charge in [-0.15, -0.1) is 0 Å². The van der Waals surface area contributed by atoms with E-state index >= 15 is 0 Å². The molecule has 0 radical (unpaired) electrons. The van der Waals surface area contributed by atoms with Crippen LogP contribution in [0.4, 0.5) is 15.8 Å². The molecule has 1 heterocycles. The maximum atomic E-state index is 14.6. The van der Waals surface area contributed by atoms with Gasteiger partial charge < -0.3 is 14.7 Å². The fourth-order valence-electron chi connectivity index (χ4n) is 2.98. The second kappa shape index (κ2) is 7.57. The number of non-ortho nitro benzene ring substituents is 1. The molecule has 0 bridgehead atoms. The summed E-state index contributed by atoms with van der Waals surface area (Å²) < 4.78 is 19.5. The van der Waals surface area contributed by atoms with Crippen molar-refractivity contribution in [3.8, 4) is 0 Å². The number of carbonyl (C=O) groups excluding carboxylic acids is 1. The molecule has 1 aliphatic rings. The Bertz CT molecular complexity index is 635. The van der Waals surface area contributed by atoms with E-state index < -0.39 is 28.5 Å². The molecule has 1 saturated heterocycles. The van der Waals surface area contributed by atoms with Gasteiger partial charge in [0.05, 0.1) is 35.0 Å². The lowest BCUT2D eigenvalue weighted by molar-refractivity contribution is -0.385. The van der Waals surface area contributed by atoms with Crippen molar-refractivity contribution in [2.75, 3.05) is 24.6 Å². The van der Waals surface area contributed by atoms with Crippen LogP contribution in [0, 0.1) is 21.8 Å². The minimum absolute atomic E-state index is 0.00407. The minimum atomic E-state index is -0.835. The number of aliphatic hydroxyl groups is 1. The van der Waals surface area contributed by atoms with Gasteiger partial charge in [0.25, 0.3) is 5.69 Å². The summed E-state index contributed by atoms with van der Waals surface area (Å²) in [4.78, 5) is 24.0. The van der Waals surface area contributed by atoms with Gasteiger partial charge in [-0.3, -0.25) is 10.1 Å². The number of rotatable bonds is 5. The highest BCUT2D eigenvalue weighted by Gasteiger charge is 2.30. The van der Waals surface area contributed by atoms with E-state index in [4.69, 9.17) is 4.74 Å². The van der Waals surface area contributed by atoms with E-state index in [1.54, 1.807) is 18.7 Å². The van der Waals surface area contributed by atoms with E-state index in [2.05, 4.69) is 0 Å². The number of hydrogen-bond acceptors (Lipinski definition) is 6. The molecule has 7 nitrogen and oxygen atoms in total. The normalized spacial score (nSPS) is 19.0. The fourth-order valence-corrected chi connectivity index (χ4v) is 2.98. The van der Waals surface area contributed by atoms with E-state index in [9.17, 15) is 24.4 Å². The standard InChI is InChI=1S/C16H21FN2O5/c1-3-24-16(21)13-7-12(19(22)23)8-14(17)15(13)18-6-4-5-11(9-18)10(2)20/h7-8,10-11,20H,3-6,9H2,1-2H3. The quantitative estimate of drug-likeness (QED) is 0.503. The van der Waals surface area contributed by atoms with Gasteiger partial charge in [-0.05, 0) is 26.7 Å². The molecule has 1 fully saturated rings. The molecule has 8 heteroatoms. The van der Waals surface area contributed by atoms with Gasteiger partial charge in [0.2, 0.25) is 0 Å². The van der Waals surface area contributed by atoms with Crippen molar-refractivity contribution in [2.45, 2.75) is 32.8 Å². The molecule has 0 saturated carbocycles. The van der Waals surface area contributed by atoms with Gasteiger partial charge >= 0.3 is 5.97 Å². The summed E-state index contributed by atoms with van der Waals surface area (Å²) in [6.45, 7) is 4.24. The first kappa shape index (κ1) is 18.1. The highest BCUT2D eigenvalue weighted by Crippen LogP contribution is 2.33. The van der Waals surface area contributed by atoms with Crippen LogP contribution in [0.3, 0.4) is 0 Å². The van der Waals surface area contributed by atoms with Crippen LogP contribution < -0.4 is 4.90 Å². The maximum absolute atomic E-state index is 14.6. The Morgan fingerprint density at radius 3 is 2.88 bits per heavy atom.